The molecule has 0 aliphatic carbocycles. The van der Waals surface area contributed by atoms with E-state index in [1.807, 2.05) is 73.7 Å². The van der Waals surface area contributed by atoms with Crippen molar-refractivity contribution in [2.45, 2.75) is 33.1 Å². The fraction of sp³-hybridized carbons (Fsp3) is 0.207. The molecule has 1 aromatic heterocycles. The van der Waals surface area contributed by atoms with Crippen molar-refractivity contribution in [1.29, 1.82) is 0 Å². The average Bonchev–Trinajstić information content (AvgIpc) is 3.39. The molecular weight excluding hydrogens is 468 g/mol. The molecule has 1 atom stereocenters. The molecule has 37 heavy (non-hydrogen) atoms. The molecule has 0 saturated carbocycles. The maximum absolute atomic E-state index is 13.4. The Labute approximate surface area is 215 Å². The van der Waals surface area contributed by atoms with Gasteiger partial charge >= 0.3 is 5.97 Å². The van der Waals surface area contributed by atoms with E-state index in [4.69, 9.17) is 14.2 Å². The summed E-state index contributed by atoms with van der Waals surface area (Å²) in [5.41, 5.74) is 5.06. The minimum Gasteiger partial charge on any atom is -0.493 e. The number of hydrogen-bond acceptors (Lipinski definition) is 7. The normalized spacial score (nSPS) is 14.5. The van der Waals surface area contributed by atoms with Gasteiger partial charge in [0.2, 0.25) is 5.95 Å². The molecule has 188 valence electrons. The predicted molar refractivity (Wildman–Crippen MR) is 139 cm³/mol. The third kappa shape index (κ3) is 5.04. The van der Waals surface area contributed by atoms with Gasteiger partial charge in [-0.15, -0.1) is 0 Å². The number of carbonyl (C=O) groups excluding carboxylic acids is 1. The molecule has 0 fully saturated rings. The Morgan fingerprint density at radius 2 is 1.76 bits per heavy atom. The highest BCUT2D eigenvalue weighted by atomic mass is 16.5. The van der Waals surface area contributed by atoms with E-state index in [9.17, 15) is 4.79 Å². The van der Waals surface area contributed by atoms with Crippen molar-refractivity contribution in [2.75, 3.05) is 12.4 Å². The van der Waals surface area contributed by atoms with Gasteiger partial charge in [-0.25, -0.2) is 9.48 Å². The second kappa shape index (κ2) is 10.6. The van der Waals surface area contributed by atoms with E-state index in [1.165, 1.54) is 6.33 Å². The summed E-state index contributed by atoms with van der Waals surface area (Å²) in [4.78, 5) is 17.7. The second-order valence-corrected chi connectivity index (χ2v) is 8.78. The van der Waals surface area contributed by atoms with E-state index in [0.717, 1.165) is 22.3 Å². The SMILES string of the molecule is COc1cc(C2C(C(=O)OCc3ccccc3)=C(C)Nc3ncnn32)ccc1OCc1ccccc1C. The van der Waals surface area contributed by atoms with Crippen molar-refractivity contribution in [3.63, 3.8) is 0 Å². The molecule has 0 radical (unpaired) electrons. The lowest BCUT2D eigenvalue weighted by molar-refractivity contribution is -0.140. The van der Waals surface area contributed by atoms with Crippen LogP contribution in [0.4, 0.5) is 5.95 Å². The van der Waals surface area contributed by atoms with Gasteiger partial charge in [0.25, 0.3) is 0 Å². The molecule has 1 aliphatic heterocycles. The summed E-state index contributed by atoms with van der Waals surface area (Å²) in [6.07, 6.45) is 1.46. The third-order valence-corrected chi connectivity index (χ3v) is 6.37. The Hall–Kier alpha value is -4.59. The van der Waals surface area contributed by atoms with E-state index in [2.05, 4.69) is 28.4 Å². The van der Waals surface area contributed by atoms with Crippen LogP contribution in [-0.2, 0) is 22.7 Å². The number of esters is 1. The topological polar surface area (TPSA) is 87.5 Å². The van der Waals surface area contributed by atoms with Crippen LogP contribution in [0.2, 0.25) is 0 Å². The van der Waals surface area contributed by atoms with Crippen molar-refractivity contribution >= 4 is 11.9 Å². The number of aryl methyl sites for hydroxylation is 1. The molecule has 2 heterocycles. The number of benzene rings is 3. The van der Waals surface area contributed by atoms with E-state index in [0.29, 0.717) is 35.3 Å². The number of nitrogens with zero attached hydrogens (tertiary/aromatic N) is 3. The standard InChI is InChI=1S/C29H28N4O4/c1-19-9-7-8-12-23(19)17-36-24-14-13-22(15-25(24)35-3)27-26(20(2)32-29-30-18-31-33(27)29)28(34)37-16-21-10-5-4-6-11-21/h4-15,18,27H,16-17H2,1-3H3,(H,30,31,32). The number of aromatic nitrogens is 3. The maximum Gasteiger partial charge on any atom is 0.338 e. The molecule has 0 amide bonds. The third-order valence-electron chi connectivity index (χ3n) is 6.37. The molecule has 3 aromatic carbocycles. The molecule has 0 bridgehead atoms. The van der Waals surface area contributed by atoms with Crippen molar-refractivity contribution in [3.8, 4) is 11.5 Å². The molecule has 0 saturated heterocycles. The Morgan fingerprint density at radius 3 is 2.54 bits per heavy atom. The van der Waals surface area contributed by atoms with Crippen LogP contribution in [0, 0.1) is 6.92 Å². The number of rotatable bonds is 8. The smallest absolute Gasteiger partial charge is 0.338 e. The summed E-state index contributed by atoms with van der Waals surface area (Å²) < 4.78 is 19.2. The monoisotopic (exact) mass is 496 g/mol. The van der Waals surface area contributed by atoms with Gasteiger partial charge in [-0.05, 0) is 48.2 Å². The number of ether oxygens (including phenoxy) is 3. The molecule has 1 N–H and O–H groups in total. The minimum absolute atomic E-state index is 0.169. The number of fused-ring (bicyclic) bond motifs is 1. The Bertz CT molecular complexity index is 1450. The van der Waals surface area contributed by atoms with Crippen LogP contribution in [0.5, 0.6) is 11.5 Å². The molecule has 8 heteroatoms. The van der Waals surface area contributed by atoms with Crippen LogP contribution in [0.3, 0.4) is 0 Å². The maximum atomic E-state index is 13.4. The van der Waals surface area contributed by atoms with Gasteiger partial charge in [0, 0.05) is 5.70 Å². The van der Waals surface area contributed by atoms with E-state index in [-0.39, 0.29) is 6.61 Å². The zero-order valence-electron chi connectivity index (χ0n) is 21.0. The highest BCUT2D eigenvalue weighted by Gasteiger charge is 2.35. The van der Waals surface area contributed by atoms with Crippen molar-refractivity contribution in [1.82, 2.24) is 14.8 Å². The van der Waals surface area contributed by atoms with Gasteiger partial charge in [-0.3, -0.25) is 0 Å². The molecule has 1 unspecified atom stereocenters. The molecule has 1 aliphatic rings. The number of carbonyl (C=O) groups is 1. The predicted octanol–water partition coefficient (Wildman–Crippen LogP) is 5.21. The summed E-state index contributed by atoms with van der Waals surface area (Å²) in [5, 5.41) is 7.56. The van der Waals surface area contributed by atoms with Gasteiger partial charge in [0.1, 0.15) is 25.6 Å². The molecule has 0 spiro atoms. The lowest BCUT2D eigenvalue weighted by atomic mass is 9.95. The number of nitrogens with one attached hydrogen (secondary N) is 1. The first-order valence-corrected chi connectivity index (χ1v) is 12.0. The summed E-state index contributed by atoms with van der Waals surface area (Å²) in [6, 6.07) is 22.8. The van der Waals surface area contributed by atoms with Crippen LogP contribution in [-0.4, -0.2) is 27.8 Å². The highest BCUT2D eigenvalue weighted by molar-refractivity contribution is 5.92. The summed E-state index contributed by atoms with van der Waals surface area (Å²) in [6.45, 7) is 4.47. The number of hydrogen-bond donors (Lipinski definition) is 1. The minimum atomic E-state index is -0.554. The molecule has 8 nitrogen and oxygen atoms in total. The van der Waals surface area contributed by atoms with E-state index < -0.39 is 12.0 Å². The van der Waals surface area contributed by atoms with Crippen molar-refractivity contribution < 1.29 is 19.0 Å². The zero-order valence-corrected chi connectivity index (χ0v) is 21.0. The van der Waals surface area contributed by atoms with Crippen LogP contribution in [0.15, 0.2) is 90.4 Å². The fourth-order valence-corrected chi connectivity index (χ4v) is 4.37. The van der Waals surface area contributed by atoms with Crippen LogP contribution < -0.4 is 14.8 Å². The number of anilines is 1. The zero-order chi connectivity index (χ0) is 25.8. The molecule has 5 rings (SSSR count). The van der Waals surface area contributed by atoms with E-state index >= 15 is 0 Å². The fourth-order valence-electron chi connectivity index (χ4n) is 4.37. The lowest BCUT2D eigenvalue weighted by Gasteiger charge is -2.28. The number of methoxy groups -OCH3 is 1. The largest absolute Gasteiger partial charge is 0.493 e. The van der Waals surface area contributed by atoms with Crippen molar-refractivity contribution in [2.24, 2.45) is 0 Å². The van der Waals surface area contributed by atoms with Gasteiger partial charge in [0.15, 0.2) is 11.5 Å². The average molecular weight is 497 g/mol. The summed E-state index contributed by atoms with van der Waals surface area (Å²) in [7, 11) is 1.60. The van der Waals surface area contributed by atoms with Gasteiger partial charge in [-0.1, -0.05) is 60.7 Å². The van der Waals surface area contributed by atoms with Crippen molar-refractivity contribution in [3.05, 3.63) is 113 Å². The van der Waals surface area contributed by atoms with Gasteiger partial charge in [-0.2, -0.15) is 10.1 Å². The van der Waals surface area contributed by atoms with Crippen LogP contribution in [0.1, 0.15) is 35.2 Å². The summed E-state index contributed by atoms with van der Waals surface area (Å²) >= 11 is 0. The van der Waals surface area contributed by atoms with Gasteiger partial charge < -0.3 is 19.5 Å². The Kier molecular flexibility index (Phi) is 6.89. The Balaban J connectivity index is 1.44. The second-order valence-electron chi connectivity index (χ2n) is 8.78. The summed E-state index contributed by atoms with van der Waals surface area (Å²) in [5.74, 6) is 1.27. The van der Waals surface area contributed by atoms with E-state index in [1.54, 1.807) is 11.8 Å². The first-order valence-electron chi connectivity index (χ1n) is 12.0. The highest BCUT2D eigenvalue weighted by Crippen LogP contribution is 2.39. The molecular formula is C29H28N4O4. The van der Waals surface area contributed by atoms with Crippen LogP contribution >= 0.6 is 0 Å². The molecule has 4 aromatic rings. The quantitative estimate of drug-likeness (QED) is 0.335. The lowest BCUT2D eigenvalue weighted by Crippen LogP contribution is -2.29. The van der Waals surface area contributed by atoms with Crippen LogP contribution in [0.25, 0.3) is 0 Å². The van der Waals surface area contributed by atoms with Gasteiger partial charge in [0.05, 0.1) is 12.7 Å². The first kappa shape index (κ1) is 24.1. The first-order chi connectivity index (χ1) is 18.0. The Morgan fingerprint density at radius 1 is 0.973 bits per heavy atom. The number of allylic oxidation sites excluding steroid dienone is 1.